The van der Waals surface area contributed by atoms with Gasteiger partial charge in [-0.1, -0.05) is 30.3 Å². The molecule has 3 nitrogen and oxygen atoms in total. The lowest BCUT2D eigenvalue weighted by molar-refractivity contribution is 0.0526. The van der Waals surface area contributed by atoms with Crippen LogP contribution in [0.3, 0.4) is 0 Å². The van der Waals surface area contributed by atoms with Crippen LogP contribution in [0.5, 0.6) is 0 Å². The maximum atomic E-state index is 11.6. The first-order valence-electron chi connectivity index (χ1n) is 7.01. The molecule has 0 aliphatic carbocycles. The molecule has 0 spiro atoms. The zero-order valence-electron chi connectivity index (χ0n) is 12.7. The van der Waals surface area contributed by atoms with E-state index in [1.54, 1.807) is 26.2 Å². The molecule has 2 rings (SSSR count). The first-order valence-corrected chi connectivity index (χ1v) is 7.01. The van der Waals surface area contributed by atoms with Gasteiger partial charge in [-0.15, -0.1) is 0 Å². The number of hydrogen-bond donors (Lipinski definition) is 0. The number of carbonyl (C=O) groups excluding carboxylic acids is 1. The molecule has 0 N–H and O–H groups in total. The second-order valence-electron chi connectivity index (χ2n) is 4.87. The fourth-order valence-corrected chi connectivity index (χ4v) is 2.21. The third-order valence-corrected chi connectivity index (χ3v) is 3.37. The Morgan fingerprint density at radius 1 is 1.05 bits per heavy atom. The second kappa shape index (κ2) is 7.04. The maximum absolute atomic E-state index is 11.6. The van der Waals surface area contributed by atoms with E-state index in [0.717, 1.165) is 11.1 Å². The van der Waals surface area contributed by atoms with Crippen molar-refractivity contribution in [2.45, 2.75) is 20.5 Å². The van der Waals surface area contributed by atoms with Gasteiger partial charge in [0.2, 0.25) is 0 Å². The molecule has 0 unspecified atom stereocenters. The first-order chi connectivity index (χ1) is 10.2. The van der Waals surface area contributed by atoms with E-state index in [2.05, 4.69) is 25.1 Å². The van der Waals surface area contributed by atoms with E-state index < -0.39 is 0 Å². The number of methoxy groups -OCH3 is 1. The molecule has 21 heavy (non-hydrogen) atoms. The van der Waals surface area contributed by atoms with Crippen molar-refractivity contribution in [3.05, 3.63) is 59.2 Å². The molecule has 0 amide bonds. The van der Waals surface area contributed by atoms with Crippen LogP contribution in [0, 0.1) is 6.92 Å². The third-order valence-electron chi connectivity index (χ3n) is 3.37. The zero-order valence-corrected chi connectivity index (χ0v) is 12.7. The Hall–Kier alpha value is -2.13. The molecular formula is C18H20O3. The Morgan fingerprint density at radius 2 is 1.71 bits per heavy atom. The number of hydrogen-bond acceptors (Lipinski definition) is 3. The summed E-state index contributed by atoms with van der Waals surface area (Å²) in [6.45, 7) is 4.89. The Morgan fingerprint density at radius 3 is 2.29 bits per heavy atom. The minimum absolute atomic E-state index is 0.282. The molecule has 2 aromatic carbocycles. The van der Waals surface area contributed by atoms with Gasteiger partial charge in [0.25, 0.3) is 0 Å². The fraction of sp³-hybridized carbons (Fsp3) is 0.278. The molecule has 0 radical (unpaired) electrons. The van der Waals surface area contributed by atoms with E-state index in [4.69, 9.17) is 9.47 Å². The van der Waals surface area contributed by atoms with E-state index in [1.807, 2.05) is 12.1 Å². The highest BCUT2D eigenvalue weighted by Gasteiger charge is 2.07. The maximum Gasteiger partial charge on any atom is 0.338 e. The molecule has 0 fully saturated rings. The molecule has 0 atom stereocenters. The van der Waals surface area contributed by atoms with Crippen molar-refractivity contribution >= 4 is 5.97 Å². The number of benzene rings is 2. The van der Waals surface area contributed by atoms with Gasteiger partial charge in [-0.05, 0) is 48.2 Å². The molecule has 3 heteroatoms. The van der Waals surface area contributed by atoms with Crippen molar-refractivity contribution < 1.29 is 14.3 Å². The van der Waals surface area contributed by atoms with E-state index in [-0.39, 0.29) is 5.97 Å². The van der Waals surface area contributed by atoms with Crippen molar-refractivity contribution in [1.29, 1.82) is 0 Å². The van der Waals surface area contributed by atoms with Gasteiger partial charge in [0.1, 0.15) is 0 Å². The van der Waals surface area contributed by atoms with E-state index in [1.165, 1.54) is 11.1 Å². The molecule has 0 saturated carbocycles. The van der Waals surface area contributed by atoms with Crippen LogP contribution in [0.15, 0.2) is 42.5 Å². The van der Waals surface area contributed by atoms with Crippen LogP contribution < -0.4 is 0 Å². The number of ether oxygens (including phenoxy) is 2. The molecule has 0 aliphatic heterocycles. The van der Waals surface area contributed by atoms with E-state index >= 15 is 0 Å². The Balaban J connectivity index is 2.22. The van der Waals surface area contributed by atoms with Crippen molar-refractivity contribution in [2.24, 2.45) is 0 Å². The lowest BCUT2D eigenvalue weighted by Gasteiger charge is -2.09. The Bertz CT molecular complexity index is 615. The second-order valence-corrected chi connectivity index (χ2v) is 4.87. The first kappa shape index (κ1) is 15.3. The largest absolute Gasteiger partial charge is 0.462 e. The van der Waals surface area contributed by atoms with Crippen LogP contribution in [-0.4, -0.2) is 19.7 Å². The zero-order chi connectivity index (χ0) is 15.2. The number of rotatable bonds is 5. The van der Waals surface area contributed by atoms with Crippen LogP contribution in [0.2, 0.25) is 0 Å². The van der Waals surface area contributed by atoms with Gasteiger partial charge in [0.05, 0.1) is 18.8 Å². The topological polar surface area (TPSA) is 35.5 Å². The predicted octanol–water partition coefficient (Wildman–Crippen LogP) is 3.99. The SMILES string of the molecule is CCOC(=O)c1ccc(-c2ccc(COC)c(C)c2)cc1. The average Bonchev–Trinajstić information content (AvgIpc) is 2.50. The highest BCUT2D eigenvalue weighted by atomic mass is 16.5. The Labute approximate surface area is 125 Å². The summed E-state index contributed by atoms with van der Waals surface area (Å²) in [6.07, 6.45) is 0. The fourth-order valence-electron chi connectivity index (χ4n) is 2.21. The average molecular weight is 284 g/mol. The molecule has 0 aliphatic rings. The lowest BCUT2D eigenvalue weighted by atomic mass is 9.99. The Kier molecular flexibility index (Phi) is 5.12. The van der Waals surface area contributed by atoms with Crippen LogP contribution in [-0.2, 0) is 16.1 Å². The normalized spacial score (nSPS) is 10.4. The summed E-state index contributed by atoms with van der Waals surface area (Å²) in [5, 5.41) is 0. The van der Waals surface area contributed by atoms with Crippen molar-refractivity contribution in [1.82, 2.24) is 0 Å². The van der Waals surface area contributed by atoms with Crippen molar-refractivity contribution in [2.75, 3.05) is 13.7 Å². The molecular weight excluding hydrogens is 264 g/mol. The number of carbonyl (C=O) groups is 1. The van der Waals surface area contributed by atoms with E-state index in [9.17, 15) is 4.79 Å². The highest BCUT2D eigenvalue weighted by molar-refractivity contribution is 5.90. The molecule has 2 aromatic rings. The number of esters is 1. The molecule has 0 bridgehead atoms. The molecule has 0 aromatic heterocycles. The summed E-state index contributed by atoms with van der Waals surface area (Å²) in [7, 11) is 1.70. The standard InChI is InChI=1S/C18H20O3/c1-4-21-18(19)15-7-5-14(6-8-15)16-9-10-17(12-20-3)13(2)11-16/h5-11H,4,12H2,1-3H3. The monoisotopic (exact) mass is 284 g/mol. The van der Waals surface area contributed by atoms with Crippen molar-refractivity contribution in [3.63, 3.8) is 0 Å². The van der Waals surface area contributed by atoms with Crippen LogP contribution in [0.1, 0.15) is 28.4 Å². The van der Waals surface area contributed by atoms with Crippen LogP contribution >= 0.6 is 0 Å². The number of aryl methyl sites for hydroxylation is 1. The summed E-state index contributed by atoms with van der Waals surface area (Å²) in [6, 6.07) is 13.8. The van der Waals surface area contributed by atoms with Gasteiger partial charge in [0.15, 0.2) is 0 Å². The lowest BCUT2D eigenvalue weighted by Crippen LogP contribution is -2.04. The summed E-state index contributed by atoms with van der Waals surface area (Å²) in [5.74, 6) is -0.282. The van der Waals surface area contributed by atoms with Gasteiger partial charge in [-0.3, -0.25) is 0 Å². The highest BCUT2D eigenvalue weighted by Crippen LogP contribution is 2.23. The molecule has 110 valence electrons. The minimum Gasteiger partial charge on any atom is -0.462 e. The summed E-state index contributed by atoms with van der Waals surface area (Å²) in [4.78, 5) is 11.6. The quantitative estimate of drug-likeness (QED) is 0.779. The third kappa shape index (κ3) is 3.70. The summed E-state index contributed by atoms with van der Waals surface area (Å²) < 4.78 is 10.2. The molecule has 0 saturated heterocycles. The van der Waals surface area contributed by atoms with Gasteiger partial charge in [-0.2, -0.15) is 0 Å². The summed E-state index contributed by atoms with van der Waals surface area (Å²) in [5.41, 5.74) is 5.17. The van der Waals surface area contributed by atoms with Gasteiger partial charge < -0.3 is 9.47 Å². The van der Waals surface area contributed by atoms with Gasteiger partial charge in [0, 0.05) is 7.11 Å². The van der Waals surface area contributed by atoms with E-state index in [0.29, 0.717) is 18.8 Å². The van der Waals surface area contributed by atoms with Crippen molar-refractivity contribution in [3.8, 4) is 11.1 Å². The van der Waals surface area contributed by atoms with Crippen LogP contribution in [0.25, 0.3) is 11.1 Å². The minimum atomic E-state index is -0.282. The molecule has 0 heterocycles. The smallest absolute Gasteiger partial charge is 0.338 e. The predicted molar refractivity (Wildman–Crippen MR) is 83.3 cm³/mol. The van der Waals surface area contributed by atoms with Gasteiger partial charge in [-0.25, -0.2) is 4.79 Å². The van der Waals surface area contributed by atoms with Crippen LogP contribution in [0.4, 0.5) is 0 Å². The van der Waals surface area contributed by atoms with Gasteiger partial charge >= 0.3 is 5.97 Å². The summed E-state index contributed by atoms with van der Waals surface area (Å²) >= 11 is 0.